The van der Waals surface area contributed by atoms with Crippen molar-refractivity contribution in [1.82, 2.24) is 0 Å². The lowest BCUT2D eigenvalue weighted by Gasteiger charge is -2.22. The minimum atomic E-state index is -6.08. The highest BCUT2D eigenvalue weighted by molar-refractivity contribution is 5.93. The fourth-order valence-electron chi connectivity index (χ4n) is 8.26. The van der Waals surface area contributed by atoms with Crippen molar-refractivity contribution in [3.05, 3.63) is 287 Å². The molecule has 142 heavy (non-hydrogen) atoms. The Hall–Kier alpha value is -15.5. The third-order valence-corrected chi connectivity index (χ3v) is 14.4. The van der Waals surface area contributed by atoms with Crippen LogP contribution in [0.3, 0.4) is 0 Å². The first-order valence-corrected chi connectivity index (χ1v) is 34.4. The lowest BCUT2D eigenvalue weighted by atomic mass is 10.1. The van der Waals surface area contributed by atoms with E-state index in [1.54, 1.807) is 0 Å². The number of carbonyl (C=O) groups excluding carboxylic acids is 7. The number of benzene rings is 7. The van der Waals surface area contributed by atoms with Crippen LogP contribution < -0.4 is 35.7 Å². The van der Waals surface area contributed by atoms with Gasteiger partial charge in [0.15, 0.2) is 158 Å². The molecule has 0 aliphatic carbocycles. The van der Waals surface area contributed by atoms with Crippen molar-refractivity contribution in [1.29, 1.82) is 0 Å². The summed E-state index contributed by atoms with van der Waals surface area (Å²) in [6.45, 7) is 0.698. The molecule has 7 aromatic rings. The van der Waals surface area contributed by atoms with Gasteiger partial charge in [-0.25, -0.2) is 161 Å². The van der Waals surface area contributed by atoms with Crippen molar-refractivity contribution in [2.45, 2.75) is 56.9 Å². The molecule has 0 aliphatic rings. The maximum Gasteiger partial charge on any atom is 0.434 e. The molecule has 0 saturated heterocycles. The lowest BCUT2D eigenvalue weighted by Crippen LogP contribution is -2.45. The molecule has 7 aromatic carbocycles. The summed E-state index contributed by atoms with van der Waals surface area (Å²) in [7, 11) is 1.82. The van der Waals surface area contributed by atoms with E-state index in [4.69, 9.17) is 0 Å². The third-order valence-electron chi connectivity index (χ3n) is 14.4. The highest BCUT2D eigenvalue weighted by atomic mass is 19.4. The summed E-state index contributed by atoms with van der Waals surface area (Å²) in [6.07, 6.45) is -38.6. The van der Waals surface area contributed by atoms with Crippen LogP contribution in [0.25, 0.3) is 40.3 Å². The molecule has 0 atom stereocenters. The summed E-state index contributed by atoms with van der Waals surface area (Å²) < 4.78 is 581. The number of esters is 7. The molecule has 7 rings (SSSR count). The van der Waals surface area contributed by atoms with Crippen molar-refractivity contribution >= 4 is 82.1 Å². The Kier molecular flexibility index (Phi) is 45.6. The summed E-state index contributed by atoms with van der Waals surface area (Å²) in [5, 5.41) is 79.0. The van der Waals surface area contributed by atoms with Crippen molar-refractivity contribution < 1.29 is 296 Å². The van der Waals surface area contributed by atoms with E-state index < -0.39 is 352 Å². The molecule has 0 aliphatic heterocycles. The smallest absolute Gasteiger partial charge is 0.434 e. The van der Waals surface area contributed by atoms with Crippen LogP contribution in [0.15, 0.2) is 78.9 Å². The SMILES string of the molecule is CCOC(=O)C=C([O-])c1c(F)c(F)c(F)c(F)c1F.CCOC(=O)C=C([O-])c1cc(F)c(F)c(F)c1F.COC(=O)C=C([O-])c1c(F)c(F)c(F)c(F)c1F.COC(=O)C=C([O-])c1cc(F)c(F)c(F)c1F.O=C(C=C([O-])c1cc(F)c(F)c(F)c1F)OC(C(F)(F)F)C(F)(F)F.O=C(C=C([O-])c1cc(F)c(F)c(F)c1F)OCC(F)(F)F.O=C(C=C([O-])c1cc(F)c(F)cc1F)OC(C(F)(F)F)C(F)(F)F. The maximum atomic E-state index is 13.2. The number of rotatable bonds is 19. The molecule has 0 fully saturated rings. The summed E-state index contributed by atoms with van der Waals surface area (Å²) in [6, 6.07) is -0.0758. The summed E-state index contributed by atoms with van der Waals surface area (Å²) in [5.74, 6) is -84.4. The Labute approximate surface area is 754 Å². The van der Waals surface area contributed by atoms with Crippen LogP contribution >= 0.6 is 0 Å². The van der Waals surface area contributed by atoms with Gasteiger partial charge in [0.25, 0.3) is 12.2 Å². The topological polar surface area (TPSA) is 346 Å². The summed E-state index contributed by atoms with van der Waals surface area (Å²) in [5.41, 5.74) is -9.90. The van der Waals surface area contributed by atoms with Gasteiger partial charge >= 0.3 is 72.7 Å². The lowest BCUT2D eigenvalue weighted by molar-refractivity contribution is -0.312. The van der Waals surface area contributed by atoms with Crippen molar-refractivity contribution in [3.8, 4) is 0 Å². The van der Waals surface area contributed by atoms with Crippen LogP contribution in [0.1, 0.15) is 52.8 Å². The molecule has 0 bridgehead atoms. The zero-order valence-electron chi connectivity index (χ0n) is 67.5. The van der Waals surface area contributed by atoms with Crippen molar-refractivity contribution in [2.24, 2.45) is 0 Å². The van der Waals surface area contributed by atoms with E-state index in [1.165, 1.54) is 13.8 Å². The summed E-state index contributed by atoms with van der Waals surface area (Å²) >= 11 is 0. The van der Waals surface area contributed by atoms with Crippen LogP contribution in [0.5, 0.6) is 0 Å². The van der Waals surface area contributed by atoms with Gasteiger partial charge in [-0.1, -0.05) is 40.3 Å². The summed E-state index contributed by atoms with van der Waals surface area (Å²) in [4.78, 5) is 75.9. The van der Waals surface area contributed by atoms with Gasteiger partial charge in [0.2, 0.25) is 11.6 Å². The molecule has 0 aromatic heterocycles. The molecular formula is C77H33F44O21-7. The third kappa shape index (κ3) is 35.1. The van der Waals surface area contributed by atoms with Crippen molar-refractivity contribution in [3.63, 3.8) is 0 Å². The van der Waals surface area contributed by atoms with Crippen LogP contribution in [0.2, 0.25) is 0 Å². The van der Waals surface area contributed by atoms with E-state index in [-0.39, 0.29) is 73.9 Å². The van der Waals surface area contributed by atoms with Gasteiger partial charge in [0, 0.05) is 87.5 Å². The van der Waals surface area contributed by atoms with Gasteiger partial charge in [-0.2, -0.15) is 65.9 Å². The molecule has 0 N–H and O–H groups in total. The Morgan fingerprint density at radius 1 is 0.239 bits per heavy atom. The van der Waals surface area contributed by atoms with Crippen LogP contribution in [0.4, 0.5) is 193 Å². The predicted molar refractivity (Wildman–Crippen MR) is 358 cm³/mol. The van der Waals surface area contributed by atoms with Crippen LogP contribution in [-0.2, 0) is 66.7 Å². The Bertz CT molecular complexity index is 6000. The second-order valence-corrected chi connectivity index (χ2v) is 24.2. The molecule has 65 heteroatoms. The van der Waals surface area contributed by atoms with Gasteiger partial charge in [-0.3, -0.25) is 0 Å². The van der Waals surface area contributed by atoms with Crippen LogP contribution in [0, 0.1) is 169 Å². The number of methoxy groups -OCH3 is 2. The maximum absolute atomic E-state index is 13.2. The molecule has 782 valence electrons. The number of ether oxygens (including phenoxy) is 7. The monoisotopic (exact) mass is 2130 g/mol. The van der Waals surface area contributed by atoms with E-state index in [2.05, 4.69) is 33.2 Å². The molecule has 0 radical (unpaired) electrons. The first-order valence-electron chi connectivity index (χ1n) is 34.4. The standard InChI is InChI=1S/C12H4F10O3.C12H5F9O3.C11H5F7O3.C11H7F5O3.C11H8F4O3.C10H5F5O3.C10H6F4O3/c13-4-1-3(7(14)9(16)8(4)15)5(23)2-6(24)25-10(11(17,18)19)12(20,21)22;13-5-2-7(15)6(14)1-4(5)8(22)3-9(23)24-10(11(16,17)18)12(19,20)21;12-5-1-4(8(13)10(15)9(5)14)6(19)2-7(20)21-3-11(16,17)18;1-2-19-5(18)3-4(17)6-7(12)9(14)11(16)10(15)8(6)13;1-2-18-8(17)4-7(16)5-3-6(12)10(14)11(15)9(5)13;1-18-4(17)2-3(16)5-6(11)8(13)10(15)9(14)7(5)12;1-17-7(16)3-6(15)4-2-5(11)9(13)10(14)8(4)12/h1-2,10,23H;1-3,10,22H;1-2,19H,3H2;3,17H,2H2,1H3;3-4,16H,2H2,1H3;2,16H,1H3;2-3,15H,1H3/p-7. The average molecular weight is 2130 g/mol. The molecule has 0 saturated carbocycles. The predicted octanol–water partition coefficient (Wildman–Crippen LogP) is 13.4. The average Bonchev–Trinajstić information content (AvgIpc) is 0.406. The van der Waals surface area contributed by atoms with Gasteiger partial charge in [-0.05, 0) is 44.2 Å². The van der Waals surface area contributed by atoms with Crippen LogP contribution in [-0.4, -0.2) is 119 Å². The number of carbonyl (C=O) groups is 7. The van der Waals surface area contributed by atoms with Gasteiger partial charge in [0.05, 0.1) is 27.4 Å². The Morgan fingerprint density at radius 3 is 0.662 bits per heavy atom. The quantitative estimate of drug-likeness (QED) is 0.0138. The number of hydrogen-bond donors (Lipinski definition) is 0. The minimum absolute atomic E-state index is 0.0260. The van der Waals surface area contributed by atoms with Gasteiger partial charge in [0.1, 0.15) is 5.82 Å². The number of hydrogen-bond acceptors (Lipinski definition) is 21. The molecular weight excluding hydrogens is 2100 g/mol. The fraction of sp³-hybridized carbons (Fsp3) is 0.182. The van der Waals surface area contributed by atoms with E-state index in [0.717, 1.165) is 14.2 Å². The highest BCUT2D eigenvalue weighted by Gasteiger charge is 2.61. The molecule has 0 amide bonds. The second kappa shape index (κ2) is 52.0. The van der Waals surface area contributed by atoms with Gasteiger partial charge in [-0.15, -0.1) is 0 Å². The second-order valence-electron chi connectivity index (χ2n) is 24.2. The molecule has 0 spiro atoms. The number of halogens is 44. The largest absolute Gasteiger partial charge is 0.872 e. The first kappa shape index (κ1) is 125. The molecule has 0 heterocycles. The minimum Gasteiger partial charge on any atom is -0.872 e. The van der Waals surface area contributed by atoms with E-state index >= 15 is 0 Å². The Balaban J connectivity index is 0.000000832. The zero-order valence-corrected chi connectivity index (χ0v) is 67.5. The highest BCUT2D eigenvalue weighted by Crippen LogP contribution is 2.39. The van der Waals surface area contributed by atoms with E-state index in [9.17, 15) is 262 Å². The molecule has 0 unspecified atom stereocenters. The number of alkyl halides is 15. The Morgan fingerprint density at radius 2 is 0.430 bits per heavy atom. The fourth-order valence-corrected chi connectivity index (χ4v) is 8.26. The normalized spacial score (nSPS) is 12.3. The first-order chi connectivity index (χ1) is 64.8. The zero-order chi connectivity index (χ0) is 111. The van der Waals surface area contributed by atoms with E-state index in [1.807, 2.05) is 0 Å². The van der Waals surface area contributed by atoms with Crippen molar-refractivity contribution in [2.75, 3.05) is 34.0 Å². The molecule has 21 nitrogen and oxygen atoms in total. The van der Waals surface area contributed by atoms with E-state index in [0.29, 0.717) is 6.08 Å². The van der Waals surface area contributed by atoms with Gasteiger partial charge < -0.3 is 68.9 Å².